The second-order valence-electron chi connectivity index (χ2n) is 4.37. The molecule has 0 saturated carbocycles. The molecule has 84 valence electrons. The van der Waals surface area contributed by atoms with Crippen molar-refractivity contribution in [2.75, 3.05) is 18.0 Å². The number of aryl methyl sites for hydroxylation is 1. The maximum absolute atomic E-state index is 9.93. The molecule has 0 bridgehead atoms. The van der Waals surface area contributed by atoms with Gasteiger partial charge in [0, 0.05) is 6.20 Å². The van der Waals surface area contributed by atoms with E-state index < -0.39 is 5.60 Å². The summed E-state index contributed by atoms with van der Waals surface area (Å²) in [6, 6.07) is 4.00. The Morgan fingerprint density at radius 3 is 2.88 bits per heavy atom. The third kappa shape index (κ3) is 1.63. The number of pyridine rings is 1. The van der Waals surface area contributed by atoms with Crippen molar-refractivity contribution in [1.82, 2.24) is 4.98 Å². The summed E-state index contributed by atoms with van der Waals surface area (Å²) in [5.41, 5.74) is 0.943. The summed E-state index contributed by atoms with van der Waals surface area (Å²) in [4.78, 5) is 6.18. The van der Waals surface area contributed by atoms with E-state index in [1.165, 1.54) is 0 Å². The zero-order valence-corrected chi connectivity index (χ0v) is 9.56. The van der Waals surface area contributed by atoms with Crippen LogP contribution in [0.5, 0.6) is 0 Å². The Labute approximate surface area is 95.1 Å². The van der Waals surface area contributed by atoms with E-state index in [4.69, 9.17) is 5.26 Å². The summed E-state index contributed by atoms with van der Waals surface area (Å²) >= 11 is 0. The predicted octanol–water partition coefficient (Wildman–Crippen LogP) is 1.22. The summed E-state index contributed by atoms with van der Waals surface area (Å²) in [6.45, 7) is 4.99. The van der Waals surface area contributed by atoms with Gasteiger partial charge in [-0.15, -0.1) is 0 Å². The van der Waals surface area contributed by atoms with Gasteiger partial charge in [0.1, 0.15) is 11.9 Å². The molecule has 4 heteroatoms. The van der Waals surface area contributed by atoms with Crippen LogP contribution in [0.2, 0.25) is 0 Å². The third-order valence-electron chi connectivity index (χ3n) is 3.18. The smallest absolute Gasteiger partial charge is 0.146 e. The minimum atomic E-state index is -0.599. The van der Waals surface area contributed by atoms with Crippen LogP contribution < -0.4 is 4.90 Å². The monoisotopic (exact) mass is 217 g/mol. The fourth-order valence-electron chi connectivity index (χ4n) is 1.96. The van der Waals surface area contributed by atoms with Crippen LogP contribution in [-0.4, -0.2) is 28.8 Å². The first kappa shape index (κ1) is 10.9. The standard InChI is InChI=1S/C12H15N3O/c1-3-12(16)7-15(8-12)11-10(6-13)9(2)4-5-14-11/h4-5,16H,3,7-8H2,1-2H3. The van der Waals surface area contributed by atoms with Crippen LogP contribution in [0.15, 0.2) is 12.3 Å². The highest BCUT2D eigenvalue weighted by molar-refractivity contribution is 5.59. The number of nitrogens with zero attached hydrogens (tertiary/aromatic N) is 3. The molecule has 4 nitrogen and oxygen atoms in total. The van der Waals surface area contributed by atoms with Gasteiger partial charge in [-0.25, -0.2) is 4.98 Å². The van der Waals surface area contributed by atoms with Crippen molar-refractivity contribution in [3.63, 3.8) is 0 Å². The molecule has 0 spiro atoms. The quantitative estimate of drug-likeness (QED) is 0.809. The number of hydrogen-bond donors (Lipinski definition) is 1. The second-order valence-corrected chi connectivity index (χ2v) is 4.37. The fourth-order valence-corrected chi connectivity index (χ4v) is 1.96. The predicted molar refractivity (Wildman–Crippen MR) is 61.1 cm³/mol. The number of nitriles is 1. The Morgan fingerprint density at radius 1 is 1.62 bits per heavy atom. The van der Waals surface area contributed by atoms with E-state index in [1.54, 1.807) is 6.20 Å². The van der Waals surface area contributed by atoms with E-state index in [-0.39, 0.29) is 0 Å². The van der Waals surface area contributed by atoms with Gasteiger partial charge in [0.05, 0.1) is 24.3 Å². The SMILES string of the molecule is CCC1(O)CN(c2nccc(C)c2C#N)C1. The third-order valence-corrected chi connectivity index (χ3v) is 3.18. The Balaban J connectivity index is 2.25. The molecule has 1 N–H and O–H groups in total. The van der Waals surface area contributed by atoms with E-state index in [1.807, 2.05) is 24.8 Å². The Morgan fingerprint density at radius 2 is 2.31 bits per heavy atom. The fraction of sp³-hybridized carbons (Fsp3) is 0.500. The van der Waals surface area contributed by atoms with E-state index in [9.17, 15) is 5.11 Å². The molecule has 0 amide bonds. The molecule has 0 radical (unpaired) electrons. The van der Waals surface area contributed by atoms with Crippen molar-refractivity contribution in [2.24, 2.45) is 0 Å². The summed E-state index contributed by atoms with van der Waals surface area (Å²) in [7, 11) is 0. The van der Waals surface area contributed by atoms with Crippen LogP contribution in [0.1, 0.15) is 24.5 Å². The maximum atomic E-state index is 9.93. The maximum Gasteiger partial charge on any atom is 0.146 e. The molecule has 1 aliphatic rings. The van der Waals surface area contributed by atoms with Crippen molar-refractivity contribution < 1.29 is 5.11 Å². The molecule has 16 heavy (non-hydrogen) atoms. The van der Waals surface area contributed by atoms with Gasteiger partial charge in [0.15, 0.2) is 0 Å². The summed E-state index contributed by atoms with van der Waals surface area (Å²) in [5.74, 6) is 0.695. The molecule has 0 unspecified atom stereocenters. The van der Waals surface area contributed by atoms with E-state index in [0.29, 0.717) is 24.5 Å². The number of β-amino-alcohol motifs (C(OH)–C–C–N with tert-alkyl or cyclic N) is 1. The highest BCUT2D eigenvalue weighted by Gasteiger charge is 2.41. The highest BCUT2D eigenvalue weighted by Crippen LogP contribution is 2.31. The van der Waals surface area contributed by atoms with Crippen molar-refractivity contribution in [2.45, 2.75) is 25.9 Å². The average molecular weight is 217 g/mol. The minimum absolute atomic E-state index is 0.564. The number of aliphatic hydroxyl groups is 1. The number of anilines is 1. The van der Waals surface area contributed by atoms with Gasteiger partial charge in [-0.3, -0.25) is 0 Å². The minimum Gasteiger partial charge on any atom is -0.386 e. The summed E-state index contributed by atoms with van der Waals surface area (Å²) in [5, 5.41) is 19.0. The first-order valence-electron chi connectivity index (χ1n) is 5.42. The lowest BCUT2D eigenvalue weighted by Gasteiger charge is -2.47. The summed E-state index contributed by atoms with van der Waals surface area (Å²) in [6.07, 6.45) is 2.44. The molecule has 1 saturated heterocycles. The topological polar surface area (TPSA) is 60.1 Å². The normalized spacial score (nSPS) is 17.8. The van der Waals surface area contributed by atoms with Crippen molar-refractivity contribution in [1.29, 1.82) is 5.26 Å². The Hall–Kier alpha value is -1.60. The van der Waals surface area contributed by atoms with Crippen molar-refractivity contribution in [3.05, 3.63) is 23.4 Å². The van der Waals surface area contributed by atoms with Crippen molar-refractivity contribution in [3.8, 4) is 6.07 Å². The first-order chi connectivity index (χ1) is 7.59. The molecular formula is C12H15N3O. The van der Waals surface area contributed by atoms with Crippen LogP contribution in [-0.2, 0) is 0 Å². The van der Waals surface area contributed by atoms with Gasteiger partial charge in [-0.2, -0.15) is 5.26 Å². The Kier molecular flexibility index (Phi) is 2.56. The lowest BCUT2D eigenvalue weighted by atomic mass is 9.91. The van der Waals surface area contributed by atoms with Gasteiger partial charge in [0.25, 0.3) is 0 Å². The molecule has 0 aliphatic carbocycles. The lowest BCUT2D eigenvalue weighted by Crippen LogP contribution is -2.62. The van der Waals surface area contributed by atoms with Crippen molar-refractivity contribution >= 4 is 5.82 Å². The van der Waals surface area contributed by atoms with E-state index >= 15 is 0 Å². The van der Waals surface area contributed by atoms with Gasteiger partial charge < -0.3 is 10.0 Å². The van der Waals surface area contributed by atoms with Crippen LogP contribution in [0.3, 0.4) is 0 Å². The largest absolute Gasteiger partial charge is 0.386 e. The Bertz CT molecular complexity index is 444. The zero-order chi connectivity index (χ0) is 11.8. The van der Waals surface area contributed by atoms with Gasteiger partial charge >= 0.3 is 0 Å². The van der Waals surface area contributed by atoms with Crippen LogP contribution >= 0.6 is 0 Å². The average Bonchev–Trinajstić information content (AvgIpc) is 2.24. The molecule has 1 aromatic rings. The molecule has 2 heterocycles. The van der Waals surface area contributed by atoms with Gasteiger partial charge in [-0.05, 0) is 25.0 Å². The number of aromatic nitrogens is 1. The molecule has 1 aromatic heterocycles. The number of rotatable bonds is 2. The van der Waals surface area contributed by atoms with Gasteiger partial charge in [0.2, 0.25) is 0 Å². The van der Waals surface area contributed by atoms with E-state index in [0.717, 1.165) is 12.0 Å². The lowest BCUT2D eigenvalue weighted by molar-refractivity contribution is 0.00803. The summed E-state index contributed by atoms with van der Waals surface area (Å²) < 4.78 is 0. The van der Waals surface area contributed by atoms with Crippen LogP contribution in [0.25, 0.3) is 0 Å². The van der Waals surface area contributed by atoms with Crippen LogP contribution in [0, 0.1) is 18.3 Å². The molecule has 1 fully saturated rings. The highest BCUT2D eigenvalue weighted by atomic mass is 16.3. The molecule has 1 aliphatic heterocycles. The second kappa shape index (κ2) is 3.76. The molecule has 0 aromatic carbocycles. The zero-order valence-electron chi connectivity index (χ0n) is 9.56. The van der Waals surface area contributed by atoms with E-state index in [2.05, 4.69) is 11.1 Å². The van der Waals surface area contributed by atoms with Crippen LogP contribution in [0.4, 0.5) is 5.82 Å². The molecule has 2 rings (SSSR count). The van der Waals surface area contributed by atoms with Gasteiger partial charge in [-0.1, -0.05) is 6.92 Å². The molecule has 0 atom stereocenters. The number of hydrogen-bond acceptors (Lipinski definition) is 4. The first-order valence-corrected chi connectivity index (χ1v) is 5.42. The molecular weight excluding hydrogens is 202 g/mol.